The molecular weight excluding hydrogens is 322 g/mol. The van der Waals surface area contributed by atoms with Crippen LogP contribution in [-0.4, -0.2) is 60.2 Å². The number of hydrogen-bond donors (Lipinski definition) is 0. The molecule has 2 heterocycles. The lowest BCUT2D eigenvalue weighted by Gasteiger charge is -2.32. The predicted molar refractivity (Wildman–Crippen MR) is 94.8 cm³/mol. The molecule has 2 amide bonds. The summed E-state index contributed by atoms with van der Waals surface area (Å²) in [6.07, 6.45) is 4.67. The fourth-order valence-electron chi connectivity index (χ4n) is 2.90. The molecule has 1 aromatic rings. The Labute approximate surface area is 148 Å². The molecule has 0 bridgehead atoms. The molecule has 1 aromatic heterocycles. The van der Waals surface area contributed by atoms with E-state index < -0.39 is 0 Å². The van der Waals surface area contributed by atoms with Crippen molar-refractivity contribution in [2.45, 2.75) is 38.6 Å². The second-order valence-electron chi connectivity index (χ2n) is 6.55. The second-order valence-corrected chi connectivity index (χ2v) is 6.55. The van der Waals surface area contributed by atoms with Crippen LogP contribution in [-0.2, 0) is 4.74 Å². The Morgan fingerprint density at radius 2 is 1.96 bits per heavy atom. The number of unbranched alkanes of at least 4 members (excludes halogenated alkanes) is 1. The molecule has 0 aromatic carbocycles. The first-order valence-electron chi connectivity index (χ1n) is 8.79. The summed E-state index contributed by atoms with van der Waals surface area (Å²) in [5.41, 5.74) is 0.208. The van der Waals surface area contributed by atoms with E-state index in [1.54, 1.807) is 35.8 Å². The molecule has 138 valence electrons. The van der Waals surface area contributed by atoms with E-state index in [0.717, 1.165) is 12.8 Å². The normalized spacial score (nSPS) is 15.1. The number of ether oxygens (including phenoxy) is 1. The molecule has 0 radical (unpaired) electrons. The van der Waals surface area contributed by atoms with Gasteiger partial charge in [0.05, 0.1) is 6.61 Å². The van der Waals surface area contributed by atoms with E-state index in [1.165, 1.54) is 11.0 Å². The van der Waals surface area contributed by atoms with E-state index in [1.807, 2.05) is 0 Å². The van der Waals surface area contributed by atoms with Crippen molar-refractivity contribution >= 4 is 12.0 Å². The topological polar surface area (TPSA) is 71.8 Å². The Hall–Kier alpha value is -2.31. The van der Waals surface area contributed by atoms with Crippen LogP contribution in [0.5, 0.6) is 0 Å². The highest BCUT2D eigenvalue weighted by Gasteiger charge is 2.25. The lowest BCUT2D eigenvalue weighted by Crippen LogP contribution is -2.41. The third-order valence-corrected chi connectivity index (χ3v) is 4.44. The highest BCUT2D eigenvalue weighted by atomic mass is 16.6. The van der Waals surface area contributed by atoms with Gasteiger partial charge in [0.15, 0.2) is 0 Å². The molecule has 1 aliphatic heterocycles. The molecule has 0 unspecified atom stereocenters. The molecule has 0 atom stereocenters. The van der Waals surface area contributed by atoms with E-state index in [2.05, 4.69) is 6.92 Å². The van der Waals surface area contributed by atoms with Gasteiger partial charge in [0, 0.05) is 51.1 Å². The summed E-state index contributed by atoms with van der Waals surface area (Å²) in [6, 6.07) is 3.10. The van der Waals surface area contributed by atoms with Crippen LogP contribution in [0.4, 0.5) is 4.79 Å². The SMILES string of the molecule is CCCCOC(=O)N1CCC(n2ccc(C(=O)N(C)C)cc2=O)CC1. The summed E-state index contributed by atoms with van der Waals surface area (Å²) in [5, 5.41) is 0. The van der Waals surface area contributed by atoms with E-state index in [9.17, 15) is 14.4 Å². The fraction of sp³-hybridized carbons (Fsp3) is 0.611. The molecule has 0 aliphatic carbocycles. The van der Waals surface area contributed by atoms with Gasteiger partial charge < -0.3 is 19.1 Å². The minimum atomic E-state index is -0.272. The number of amides is 2. The minimum Gasteiger partial charge on any atom is -0.449 e. The number of likely N-dealkylation sites (tertiary alicyclic amines) is 1. The van der Waals surface area contributed by atoms with Crippen LogP contribution in [0.1, 0.15) is 49.0 Å². The van der Waals surface area contributed by atoms with Crippen LogP contribution in [0.3, 0.4) is 0 Å². The second kappa shape index (κ2) is 8.69. The van der Waals surface area contributed by atoms with Gasteiger partial charge in [0.25, 0.3) is 11.5 Å². The lowest BCUT2D eigenvalue weighted by atomic mass is 10.0. The molecule has 2 rings (SSSR count). The lowest BCUT2D eigenvalue weighted by molar-refractivity contribution is 0.0823. The quantitative estimate of drug-likeness (QED) is 0.764. The fourth-order valence-corrected chi connectivity index (χ4v) is 2.90. The van der Waals surface area contributed by atoms with E-state index in [-0.39, 0.29) is 23.6 Å². The van der Waals surface area contributed by atoms with Crippen molar-refractivity contribution in [3.63, 3.8) is 0 Å². The van der Waals surface area contributed by atoms with Crippen LogP contribution < -0.4 is 5.56 Å². The van der Waals surface area contributed by atoms with Gasteiger partial charge in [-0.25, -0.2) is 4.79 Å². The molecule has 25 heavy (non-hydrogen) atoms. The Bertz CT molecular complexity index is 661. The van der Waals surface area contributed by atoms with Crippen LogP contribution in [0.25, 0.3) is 0 Å². The average Bonchev–Trinajstić information content (AvgIpc) is 2.61. The van der Waals surface area contributed by atoms with Crippen molar-refractivity contribution in [1.29, 1.82) is 0 Å². The summed E-state index contributed by atoms with van der Waals surface area (Å²) >= 11 is 0. The summed E-state index contributed by atoms with van der Waals surface area (Å²) in [5.74, 6) is -0.186. The first-order valence-corrected chi connectivity index (χ1v) is 8.79. The zero-order valence-corrected chi connectivity index (χ0v) is 15.2. The van der Waals surface area contributed by atoms with Crippen molar-refractivity contribution in [3.05, 3.63) is 34.2 Å². The largest absolute Gasteiger partial charge is 0.449 e. The number of nitrogens with zero attached hydrogens (tertiary/aromatic N) is 3. The Morgan fingerprint density at radius 3 is 2.52 bits per heavy atom. The summed E-state index contributed by atoms with van der Waals surface area (Å²) < 4.78 is 6.89. The van der Waals surface area contributed by atoms with Crippen molar-refractivity contribution in [3.8, 4) is 0 Å². The number of carbonyl (C=O) groups excluding carboxylic acids is 2. The Balaban J connectivity index is 1.95. The first-order chi connectivity index (χ1) is 11.9. The maximum absolute atomic E-state index is 12.3. The van der Waals surface area contributed by atoms with Crippen LogP contribution in [0.15, 0.2) is 23.1 Å². The third-order valence-electron chi connectivity index (χ3n) is 4.44. The van der Waals surface area contributed by atoms with Gasteiger partial charge in [-0.1, -0.05) is 13.3 Å². The van der Waals surface area contributed by atoms with Crippen molar-refractivity contribution < 1.29 is 14.3 Å². The van der Waals surface area contributed by atoms with Gasteiger partial charge in [0.1, 0.15) is 0 Å². The standard InChI is InChI=1S/C18H27N3O4/c1-4-5-12-25-18(24)20-9-7-15(8-10-20)21-11-6-14(13-16(21)22)17(23)19(2)3/h6,11,13,15H,4-5,7-10,12H2,1-3H3. The minimum absolute atomic E-state index is 0.0377. The van der Waals surface area contributed by atoms with Crippen LogP contribution in [0.2, 0.25) is 0 Å². The van der Waals surface area contributed by atoms with Crippen LogP contribution in [0, 0.1) is 0 Å². The average molecular weight is 349 g/mol. The summed E-state index contributed by atoms with van der Waals surface area (Å²) in [7, 11) is 3.31. The van der Waals surface area contributed by atoms with Crippen molar-refractivity contribution in [2.24, 2.45) is 0 Å². The van der Waals surface area contributed by atoms with Gasteiger partial charge in [-0.15, -0.1) is 0 Å². The molecule has 1 aliphatic rings. The molecule has 1 saturated heterocycles. The highest BCUT2D eigenvalue weighted by Crippen LogP contribution is 2.21. The van der Waals surface area contributed by atoms with E-state index >= 15 is 0 Å². The number of pyridine rings is 1. The zero-order valence-electron chi connectivity index (χ0n) is 15.2. The number of hydrogen-bond acceptors (Lipinski definition) is 4. The number of aromatic nitrogens is 1. The Morgan fingerprint density at radius 1 is 1.28 bits per heavy atom. The molecule has 7 heteroatoms. The zero-order chi connectivity index (χ0) is 18.4. The maximum atomic E-state index is 12.3. The van der Waals surface area contributed by atoms with Gasteiger partial charge >= 0.3 is 6.09 Å². The third kappa shape index (κ3) is 4.84. The molecule has 0 spiro atoms. The monoisotopic (exact) mass is 349 g/mol. The van der Waals surface area contributed by atoms with Crippen molar-refractivity contribution in [2.75, 3.05) is 33.8 Å². The smallest absolute Gasteiger partial charge is 0.409 e. The number of carbonyl (C=O) groups is 2. The highest BCUT2D eigenvalue weighted by molar-refractivity contribution is 5.93. The molecule has 1 fully saturated rings. The molecular formula is C18H27N3O4. The van der Waals surface area contributed by atoms with Gasteiger partial charge in [-0.05, 0) is 25.3 Å². The maximum Gasteiger partial charge on any atom is 0.409 e. The van der Waals surface area contributed by atoms with Gasteiger partial charge in [0.2, 0.25) is 0 Å². The number of piperidine rings is 1. The van der Waals surface area contributed by atoms with E-state index in [4.69, 9.17) is 4.74 Å². The Kier molecular flexibility index (Phi) is 6.61. The van der Waals surface area contributed by atoms with Crippen molar-refractivity contribution in [1.82, 2.24) is 14.4 Å². The molecule has 7 nitrogen and oxygen atoms in total. The number of rotatable bonds is 5. The molecule has 0 saturated carbocycles. The van der Waals surface area contributed by atoms with E-state index in [0.29, 0.717) is 38.1 Å². The predicted octanol–water partition coefficient (Wildman–Crippen LogP) is 2.12. The van der Waals surface area contributed by atoms with Gasteiger partial charge in [-0.2, -0.15) is 0 Å². The summed E-state index contributed by atoms with van der Waals surface area (Å²) in [6.45, 7) is 3.64. The van der Waals surface area contributed by atoms with Crippen LogP contribution >= 0.6 is 0 Å². The summed E-state index contributed by atoms with van der Waals surface area (Å²) in [4.78, 5) is 39.4. The molecule has 0 N–H and O–H groups in total. The first kappa shape index (κ1) is 19.0. The van der Waals surface area contributed by atoms with Gasteiger partial charge in [-0.3, -0.25) is 9.59 Å².